The maximum atomic E-state index is 12.0. The second-order valence-electron chi connectivity index (χ2n) is 4.22. The van der Waals surface area contributed by atoms with E-state index in [2.05, 4.69) is 9.97 Å². The first-order valence-electron chi connectivity index (χ1n) is 5.84. The van der Waals surface area contributed by atoms with E-state index in [9.17, 15) is 22.8 Å². The van der Waals surface area contributed by atoms with Crippen LogP contribution in [0.3, 0.4) is 0 Å². The first-order chi connectivity index (χ1) is 9.77. The molecule has 0 aliphatic carbocycles. The summed E-state index contributed by atoms with van der Waals surface area (Å²) in [5.41, 5.74) is 1.03. The van der Waals surface area contributed by atoms with Gasteiger partial charge in [-0.25, -0.2) is 9.78 Å². The highest BCUT2D eigenvalue weighted by atomic mass is 19.4. The minimum atomic E-state index is -4.91. The van der Waals surface area contributed by atoms with Crippen LogP contribution in [0.5, 0.6) is 0 Å². The minimum Gasteiger partial charge on any atom is -0.478 e. The third kappa shape index (κ3) is 3.50. The lowest BCUT2D eigenvalue weighted by Crippen LogP contribution is -2.37. The molecule has 6 nitrogen and oxygen atoms in total. The van der Waals surface area contributed by atoms with E-state index in [1.807, 2.05) is 0 Å². The van der Waals surface area contributed by atoms with Crippen molar-refractivity contribution in [3.05, 3.63) is 29.6 Å². The van der Waals surface area contributed by atoms with Gasteiger partial charge in [-0.1, -0.05) is 0 Å². The molecule has 112 valence electrons. The van der Waals surface area contributed by atoms with Crippen LogP contribution in [0.15, 0.2) is 18.2 Å². The second-order valence-corrected chi connectivity index (χ2v) is 4.22. The number of carboxylic acids is 1. The summed E-state index contributed by atoms with van der Waals surface area (Å²) < 4.78 is 35.9. The molecule has 9 heteroatoms. The molecular weight excluding hydrogens is 291 g/mol. The quantitative estimate of drug-likeness (QED) is 0.797. The van der Waals surface area contributed by atoms with Crippen molar-refractivity contribution < 1.29 is 27.9 Å². The van der Waals surface area contributed by atoms with Gasteiger partial charge in [0.15, 0.2) is 0 Å². The molecule has 0 fully saturated rings. The molecule has 2 rings (SSSR count). The van der Waals surface area contributed by atoms with Crippen LogP contribution >= 0.6 is 0 Å². The summed E-state index contributed by atoms with van der Waals surface area (Å²) in [6.07, 6.45) is -4.84. The molecule has 1 amide bonds. The van der Waals surface area contributed by atoms with Gasteiger partial charge in [-0.05, 0) is 18.2 Å². The molecule has 0 radical (unpaired) electrons. The van der Waals surface area contributed by atoms with E-state index in [-0.39, 0.29) is 18.5 Å². The molecule has 0 unspecified atom stereocenters. The standard InChI is InChI=1S/C12H10F3N3O3/c13-12(14,15)11(21)16-4-3-9-17-7-2-1-6(10(19)20)5-8(7)18-9/h1-2,5H,3-4H2,(H,16,21)(H,17,18)(H,19,20). The fraction of sp³-hybridized carbons (Fsp3) is 0.250. The molecule has 0 bridgehead atoms. The van der Waals surface area contributed by atoms with Crippen LogP contribution in [-0.2, 0) is 11.2 Å². The fourth-order valence-electron chi connectivity index (χ4n) is 1.71. The molecule has 3 N–H and O–H groups in total. The number of aromatic amines is 1. The van der Waals surface area contributed by atoms with E-state index in [1.165, 1.54) is 18.2 Å². The van der Waals surface area contributed by atoms with Gasteiger partial charge in [0, 0.05) is 13.0 Å². The van der Waals surface area contributed by atoms with E-state index < -0.39 is 18.1 Å². The highest BCUT2D eigenvalue weighted by molar-refractivity contribution is 5.92. The Kier molecular flexibility index (Phi) is 3.83. The number of alkyl halides is 3. The Morgan fingerprint density at radius 2 is 2.05 bits per heavy atom. The Morgan fingerprint density at radius 3 is 2.67 bits per heavy atom. The van der Waals surface area contributed by atoms with Gasteiger partial charge in [0.25, 0.3) is 0 Å². The number of rotatable bonds is 4. The second kappa shape index (κ2) is 5.43. The average molecular weight is 301 g/mol. The van der Waals surface area contributed by atoms with Crippen LogP contribution in [0.4, 0.5) is 13.2 Å². The largest absolute Gasteiger partial charge is 0.478 e. The lowest BCUT2D eigenvalue weighted by molar-refractivity contribution is -0.173. The van der Waals surface area contributed by atoms with Gasteiger partial charge < -0.3 is 15.4 Å². The van der Waals surface area contributed by atoms with Crippen LogP contribution in [0, 0.1) is 0 Å². The molecule has 0 atom stereocenters. The Balaban J connectivity index is 2.03. The highest BCUT2D eigenvalue weighted by Gasteiger charge is 2.38. The summed E-state index contributed by atoms with van der Waals surface area (Å²) in [5.74, 6) is -2.74. The van der Waals surface area contributed by atoms with Crippen molar-refractivity contribution >= 4 is 22.9 Å². The predicted octanol–water partition coefficient (Wildman–Crippen LogP) is 1.48. The zero-order chi connectivity index (χ0) is 15.6. The number of carboxylic acid groups (broad SMARTS) is 1. The summed E-state index contributed by atoms with van der Waals surface area (Å²) in [5, 5.41) is 10.6. The van der Waals surface area contributed by atoms with E-state index in [4.69, 9.17) is 5.11 Å². The van der Waals surface area contributed by atoms with E-state index in [1.54, 1.807) is 5.32 Å². The van der Waals surface area contributed by atoms with Crippen molar-refractivity contribution in [2.45, 2.75) is 12.6 Å². The average Bonchev–Trinajstić information content (AvgIpc) is 2.78. The number of amides is 1. The Morgan fingerprint density at radius 1 is 1.33 bits per heavy atom. The molecule has 1 heterocycles. The lowest BCUT2D eigenvalue weighted by Gasteiger charge is -2.06. The third-order valence-electron chi connectivity index (χ3n) is 2.68. The van der Waals surface area contributed by atoms with Gasteiger partial charge in [-0.2, -0.15) is 13.2 Å². The number of fused-ring (bicyclic) bond motifs is 1. The van der Waals surface area contributed by atoms with Gasteiger partial charge in [-0.3, -0.25) is 4.79 Å². The molecule has 1 aromatic heterocycles. The normalized spacial score (nSPS) is 11.6. The summed E-state index contributed by atoms with van der Waals surface area (Å²) in [6, 6.07) is 4.25. The number of carbonyl (C=O) groups is 2. The number of aromatic nitrogens is 2. The number of benzene rings is 1. The smallest absolute Gasteiger partial charge is 0.471 e. The lowest BCUT2D eigenvalue weighted by atomic mass is 10.2. The molecule has 0 aliphatic heterocycles. The zero-order valence-corrected chi connectivity index (χ0v) is 10.5. The van der Waals surface area contributed by atoms with Gasteiger partial charge in [0.2, 0.25) is 0 Å². The summed E-state index contributed by atoms with van der Waals surface area (Å²) in [6.45, 7) is -0.232. The Hall–Kier alpha value is -2.58. The topological polar surface area (TPSA) is 95.1 Å². The van der Waals surface area contributed by atoms with Crippen molar-refractivity contribution in [1.82, 2.24) is 15.3 Å². The maximum absolute atomic E-state index is 12.0. The third-order valence-corrected chi connectivity index (χ3v) is 2.68. The number of nitrogens with zero attached hydrogens (tertiary/aromatic N) is 1. The zero-order valence-electron chi connectivity index (χ0n) is 10.5. The van der Waals surface area contributed by atoms with Crippen LogP contribution in [0.2, 0.25) is 0 Å². The molecule has 0 aliphatic rings. The fourth-order valence-corrected chi connectivity index (χ4v) is 1.71. The van der Waals surface area contributed by atoms with Gasteiger partial charge in [0.1, 0.15) is 5.82 Å². The minimum absolute atomic E-state index is 0.0684. The number of nitrogens with one attached hydrogen (secondary N) is 2. The molecule has 1 aromatic carbocycles. The van der Waals surface area contributed by atoms with E-state index in [0.29, 0.717) is 16.9 Å². The number of hydrogen-bond donors (Lipinski definition) is 3. The van der Waals surface area contributed by atoms with Crippen molar-refractivity contribution in [1.29, 1.82) is 0 Å². The SMILES string of the molecule is O=C(O)c1ccc2nc(CCNC(=O)C(F)(F)F)[nH]c2c1. The monoisotopic (exact) mass is 301 g/mol. The Labute approximate surface area is 116 Å². The maximum Gasteiger partial charge on any atom is 0.471 e. The van der Waals surface area contributed by atoms with Crippen LogP contribution in [0.25, 0.3) is 11.0 Å². The van der Waals surface area contributed by atoms with E-state index in [0.717, 1.165) is 0 Å². The van der Waals surface area contributed by atoms with Gasteiger partial charge in [0.05, 0.1) is 16.6 Å². The molecule has 21 heavy (non-hydrogen) atoms. The van der Waals surface area contributed by atoms with Crippen LogP contribution < -0.4 is 5.32 Å². The van der Waals surface area contributed by atoms with Crippen molar-refractivity contribution in [2.75, 3.05) is 6.54 Å². The number of halogens is 3. The summed E-state index contributed by atoms with van der Waals surface area (Å²) >= 11 is 0. The molecular formula is C12H10F3N3O3. The molecule has 2 aromatic rings. The van der Waals surface area contributed by atoms with E-state index >= 15 is 0 Å². The number of aromatic carboxylic acids is 1. The number of imidazole rings is 1. The number of carbonyl (C=O) groups excluding carboxylic acids is 1. The Bertz CT molecular complexity index is 694. The molecule has 0 spiro atoms. The van der Waals surface area contributed by atoms with Crippen molar-refractivity contribution in [2.24, 2.45) is 0 Å². The number of H-pyrrole nitrogens is 1. The highest BCUT2D eigenvalue weighted by Crippen LogP contribution is 2.15. The first kappa shape index (κ1) is 14.8. The number of hydrogen-bond acceptors (Lipinski definition) is 3. The molecule has 0 saturated heterocycles. The molecule has 0 saturated carbocycles. The van der Waals surface area contributed by atoms with Crippen molar-refractivity contribution in [3.8, 4) is 0 Å². The van der Waals surface area contributed by atoms with Crippen LogP contribution in [-0.4, -0.2) is 39.7 Å². The predicted molar refractivity (Wildman–Crippen MR) is 65.8 cm³/mol. The van der Waals surface area contributed by atoms with Crippen molar-refractivity contribution in [3.63, 3.8) is 0 Å². The van der Waals surface area contributed by atoms with Crippen LogP contribution in [0.1, 0.15) is 16.2 Å². The summed E-state index contributed by atoms with van der Waals surface area (Å²) in [7, 11) is 0. The van der Waals surface area contributed by atoms with Gasteiger partial charge in [-0.15, -0.1) is 0 Å². The summed E-state index contributed by atoms with van der Waals surface area (Å²) in [4.78, 5) is 28.3. The first-order valence-corrected chi connectivity index (χ1v) is 5.84. The van der Waals surface area contributed by atoms with Gasteiger partial charge >= 0.3 is 18.1 Å².